The van der Waals surface area contributed by atoms with Gasteiger partial charge < -0.3 is 29.7 Å². The molecular weight excluding hydrogens is 622 g/mol. The second-order valence-corrected chi connectivity index (χ2v) is 13.6. The third kappa shape index (κ3) is 5.72. The van der Waals surface area contributed by atoms with Crippen molar-refractivity contribution in [1.29, 1.82) is 0 Å². The number of aliphatic hydroxyl groups is 1. The maximum Gasteiger partial charge on any atom is 0.313 e. The molecule has 5 bridgehead atoms. The van der Waals surface area contributed by atoms with Crippen molar-refractivity contribution >= 4 is 40.2 Å². The summed E-state index contributed by atoms with van der Waals surface area (Å²) in [6, 6.07) is 20.9. The quantitative estimate of drug-likeness (QED) is 0.311. The Kier molecular flexibility index (Phi) is 8.85. The third-order valence-corrected chi connectivity index (χ3v) is 10.3. The highest BCUT2D eigenvalue weighted by Gasteiger charge is 2.74. The summed E-state index contributed by atoms with van der Waals surface area (Å²) in [7, 11) is 0. The summed E-state index contributed by atoms with van der Waals surface area (Å²) in [6.45, 7) is 3.63. The number of fused-ring (bicyclic) bond motifs is 3. The van der Waals surface area contributed by atoms with E-state index in [1.54, 1.807) is 17.1 Å². The predicted octanol–water partition coefficient (Wildman–Crippen LogP) is 4.09. The van der Waals surface area contributed by atoms with Crippen LogP contribution in [0.25, 0.3) is 10.8 Å². The highest BCUT2D eigenvalue weighted by atomic mass is 16.6. The molecule has 10 heteroatoms. The SMILES string of the molecule is CC(C)[C@H](CO)N1C(=O)[C@H]2[C@@H]3C(=O)O[C@H](c4ccccc4)CNC(=O)CC/C=C\CN(c4ccc5ccccc5c4)C(=O)[C@H]1[C@@]21C=C[C@@H]3O1. The molecule has 2 fully saturated rings. The van der Waals surface area contributed by atoms with Gasteiger partial charge in [-0.3, -0.25) is 19.2 Å². The first-order valence-electron chi connectivity index (χ1n) is 17.0. The lowest BCUT2D eigenvalue weighted by Crippen LogP contribution is -2.59. The molecule has 0 saturated carbocycles. The van der Waals surface area contributed by atoms with Crippen LogP contribution in [-0.2, 0) is 28.7 Å². The summed E-state index contributed by atoms with van der Waals surface area (Å²) >= 11 is 0. The van der Waals surface area contributed by atoms with Crippen LogP contribution in [0.2, 0.25) is 0 Å². The molecule has 4 aliphatic heterocycles. The molecule has 0 radical (unpaired) electrons. The van der Waals surface area contributed by atoms with Crippen molar-refractivity contribution in [1.82, 2.24) is 10.2 Å². The van der Waals surface area contributed by atoms with Crippen LogP contribution in [0.15, 0.2) is 97.1 Å². The van der Waals surface area contributed by atoms with Crippen molar-refractivity contribution in [3.63, 3.8) is 0 Å². The number of aliphatic hydroxyl groups excluding tert-OH is 1. The topological polar surface area (TPSA) is 125 Å². The van der Waals surface area contributed by atoms with Gasteiger partial charge in [0.2, 0.25) is 11.8 Å². The van der Waals surface area contributed by atoms with Gasteiger partial charge in [-0.2, -0.15) is 0 Å². The van der Waals surface area contributed by atoms with Gasteiger partial charge in [-0.15, -0.1) is 0 Å². The molecule has 0 aromatic heterocycles. The molecule has 0 unspecified atom stereocenters. The molecule has 10 nitrogen and oxygen atoms in total. The Morgan fingerprint density at radius 1 is 0.939 bits per heavy atom. The van der Waals surface area contributed by atoms with Crippen LogP contribution in [0.1, 0.15) is 38.4 Å². The molecule has 4 aliphatic rings. The Bertz CT molecular complexity index is 1820. The number of benzene rings is 3. The van der Waals surface area contributed by atoms with E-state index < -0.39 is 59.5 Å². The summed E-state index contributed by atoms with van der Waals surface area (Å²) in [5.74, 6) is -3.95. The lowest BCUT2D eigenvalue weighted by atomic mass is 9.74. The van der Waals surface area contributed by atoms with Crippen molar-refractivity contribution < 1.29 is 33.8 Å². The number of amides is 3. The van der Waals surface area contributed by atoms with Crippen molar-refractivity contribution in [3.8, 4) is 0 Å². The minimum atomic E-state index is -1.45. The van der Waals surface area contributed by atoms with E-state index in [-0.39, 0.29) is 37.9 Å². The number of rotatable bonds is 5. The summed E-state index contributed by atoms with van der Waals surface area (Å²) in [4.78, 5) is 60.0. The summed E-state index contributed by atoms with van der Waals surface area (Å²) < 4.78 is 12.7. The lowest BCUT2D eigenvalue weighted by Gasteiger charge is -2.40. The Labute approximate surface area is 285 Å². The first-order valence-corrected chi connectivity index (χ1v) is 17.0. The number of carbonyl (C=O) groups excluding carboxylic acids is 4. The third-order valence-electron chi connectivity index (χ3n) is 10.3. The van der Waals surface area contributed by atoms with Crippen LogP contribution in [0, 0.1) is 17.8 Å². The number of nitrogens with zero attached hydrogens (tertiary/aromatic N) is 2. The number of anilines is 1. The molecule has 3 amide bonds. The van der Waals surface area contributed by atoms with E-state index >= 15 is 4.79 Å². The average molecular weight is 664 g/mol. The van der Waals surface area contributed by atoms with Crippen LogP contribution < -0.4 is 10.2 Å². The number of hydrogen-bond donors (Lipinski definition) is 2. The van der Waals surface area contributed by atoms with Gasteiger partial charge in [-0.1, -0.05) is 98.8 Å². The Balaban J connectivity index is 1.35. The van der Waals surface area contributed by atoms with Gasteiger partial charge in [0.1, 0.15) is 23.7 Å². The molecule has 49 heavy (non-hydrogen) atoms. The Hall–Kier alpha value is -4.80. The van der Waals surface area contributed by atoms with Crippen LogP contribution in [-0.4, -0.2) is 77.2 Å². The summed E-state index contributed by atoms with van der Waals surface area (Å²) in [5.41, 5.74) is -0.130. The first kappa shape index (κ1) is 32.7. The van der Waals surface area contributed by atoms with Crippen LogP contribution in [0.3, 0.4) is 0 Å². The normalized spacial score (nSPS) is 30.1. The number of nitrogens with one attached hydrogen (secondary N) is 1. The zero-order chi connectivity index (χ0) is 34.3. The predicted molar refractivity (Wildman–Crippen MR) is 183 cm³/mol. The maximum atomic E-state index is 15.1. The minimum absolute atomic E-state index is 0.0546. The summed E-state index contributed by atoms with van der Waals surface area (Å²) in [5, 5.41) is 15.5. The number of esters is 1. The Morgan fingerprint density at radius 3 is 2.45 bits per heavy atom. The molecule has 1 spiro atoms. The van der Waals surface area contributed by atoms with E-state index in [9.17, 15) is 19.5 Å². The monoisotopic (exact) mass is 663 g/mol. The fraction of sp³-hybridized carbons (Fsp3) is 0.385. The van der Waals surface area contributed by atoms with Gasteiger partial charge in [-0.05, 0) is 40.8 Å². The molecule has 0 aliphatic carbocycles. The number of cyclic esters (lactones) is 1. The van der Waals surface area contributed by atoms with Crippen LogP contribution >= 0.6 is 0 Å². The van der Waals surface area contributed by atoms with Crippen molar-refractivity contribution in [3.05, 3.63) is 103 Å². The van der Waals surface area contributed by atoms with Crippen LogP contribution in [0.5, 0.6) is 0 Å². The molecular formula is C39H41N3O7. The zero-order valence-electron chi connectivity index (χ0n) is 27.6. The van der Waals surface area contributed by atoms with Gasteiger partial charge in [0, 0.05) is 18.7 Å². The molecule has 254 valence electrons. The smallest absolute Gasteiger partial charge is 0.313 e. The van der Waals surface area contributed by atoms with Gasteiger partial charge in [0.15, 0.2) is 0 Å². The second kappa shape index (κ2) is 13.2. The largest absolute Gasteiger partial charge is 0.455 e. The van der Waals surface area contributed by atoms with Crippen molar-refractivity contribution in [2.24, 2.45) is 17.8 Å². The van der Waals surface area contributed by atoms with Gasteiger partial charge >= 0.3 is 5.97 Å². The van der Waals surface area contributed by atoms with Crippen LogP contribution in [0.4, 0.5) is 5.69 Å². The van der Waals surface area contributed by atoms with Gasteiger partial charge in [-0.25, -0.2) is 0 Å². The number of ether oxygens (including phenoxy) is 2. The van der Waals surface area contributed by atoms with Gasteiger partial charge in [0.05, 0.1) is 31.2 Å². The van der Waals surface area contributed by atoms with Gasteiger partial charge in [0.25, 0.3) is 5.91 Å². The molecule has 7 atom stereocenters. The van der Waals surface area contributed by atoms with E-state index in [2.05, 4.69) is 5.32 Å². The van der Waals surface area contributed by atoms with E-state index in [1.807, 2.05) is 98.8 Å². The van der Waals surface area contributed by atoms with E-state index in [1.165, 1.54) is 4.90 Å². The number of allylic oxidation sites excluding steroid dienone is 1. The average Bonchev–Trinajstić information content (AvgIpc) is 3.75. The first-order chi connectivity index (χ1) is 23.7. The van der Waals surface area contributed by atoms with E-state index in [4.69, 9.17) is 9.47 Å². The standard InChI is InChI=1S/C39H41N3O7/c1-24(2)29(23-43)42-35-37(46)41(28-17-16-25-11-8-9-14-27(25)21-28)20-10-4-7-15-32(44)40-22-31(26-12-5-3-6-13-26)48-38(47)33-30-18-19-39(35,49-30)34(33)36(42)45/h3-6,8-14,16-19,21,24,29-31,33-35,43H,7,15,20,22-23H2,1-2H3,(H,40,44)/b10-4-/t29-,30-,31-,33+,34+,35-,39+/m0/s1. The maximum absolute atomic E-state index is 15.1. The Morgan fingerprint density at radius 2 is 1.69 bits per heavy atom. The number of carbonyl (C=O) groups is 4. The van der Waals surface area contributed by atoms with E-state index in [0.29, 0.717) is 17.7 Å². The second-order valence-electron chi connectivity index (χ2n) is 13.6. The zero-order valence-corrected chi connectivity index (χ0v) is 27.6. The number of likely N-dealkylation sites (tertiary alicyclic amines) is 1. The number of hydrogen-bond acceptors (Lipinski definition) is 7. The molecule has 7 rings (SSSR count). The highest BCUT2D eigenvalue weighted by molar-refractivity contribution is 6.06. The molecule has 3 aromatic carbocycles. The van der Waals surface area contributed by atoms with E-state index in [0.717, 1.165) is 10.8 Å². The van der Waals surface area contributed by atoms with Crippen molar-refractivity contribution in [2.45, 2.75) is 56.6 Å². The van der Waals surface area contributed by atoms with Crippen molar-refractivity contribution in [2.75, 3.05) is 24.6 Å². The lowest BCUT2D eigenvalue weighted by molar-refractivity contribution is -0.160. The molecule has 3 aromatic rings. The summed E-state index contributed by atoms with van der Waals surface area (Å²) in [6.07, 6.45) is 6.27. The molecule has 2 saturated heterocycles. The fourth-order valence-corrected chi connectivity index (χ4v) is 7.87. The molecule has 2 N–H and O–H groups in total. The molecule has 4 heterocycles. The highest BCUT2D eigenvalue weighted by Crippen LogP contribution is 2.56. The minimum Gasteiger partial charge on any atom is -0.455 e. The fourth-order valence-electron chi connectivity index (χ4n) is 7.87.